The molecular weight excluding hydrogens is 476 g/mol. The van der Waals surface area contributed by atoms with E-state index in [1.165, 1.54) is 6.08 Å². The zero-order chi connectivity index (χ0) is 26.4. The molecule has 4 heterocycles. The molecule has 0 spiro atoms. The molecule has 0 atom stereocenters. The fourth-order valence-corrected chi connectivity index (χ4v) is 5.11. The lowest BCUT2D eigenvalue weighted by atomic mass is 10.0. The summed E-state index contributed by atoms with van der Waals surface area (Å²) in [5, 5.41) is 0.994. The number of rotatable bonds is 5. The van der Waals surface area contributed by atoms with Crippen molar-refractivity contribution in [2.45, 2.75) is 20.3 Å². The summed E-state index contributed by atoms with van der Waals surface area (Å²) in [6.45, 7) is 8.90. The van der Waals surface area contributed by atoms with Gasteiger partial charge in [-0.25, -0.2) is 15.0 Å². The molecule has 3 aromatic heterocycles. The second-order valence-corrected chi connectivity index (χ2v) is 9.61. The number of fused-ring (bicyclic) bond motifs is 2. The molecule has 0 aliphatic carbocycles. The quantitative estimate of drug-likeness (QED) is 0.295. The fraction of sp³-hybridized carbons (Fsp3) is 0.200. The van der Waals surface area contributed by atoms with Crippen molar-refractivity contribution in [1.29, 1.82) is 0 Å². The van der Waals surface area contributed by atoms with Gasteiger partial charge in [0, 0.05) is 49.0 Å². The Balaban J connectivity index is 1.36. The van der Waals surface area contributed by atoms with E-state index in [0.29, 0.717) is 13.1 Å². The Morgan fingerprint density at radius 3 is 2.79 bits per heavy atom. The van der Waals surface area contributed by atoms with Crippen LogP contribution >= 0.6 is 0 Å². The highest BCUT2D eigenvalue weighted by molar-refractivity contribution is 5.96. The van der Waals surface area contributed by atoms with E-state index < -0.39 is 0 Å². The maximum absolute atomic E-state index is 12.3. The summed E-state index contributed by atoms with van der Waals surface area (Å²) in [7, 11) is 1.98. The Bertz CT molecular complexity index is 1760. The van der Waals surface area contributed by atoms with Crippen LogP contribution in [0.5, 0.6) is 11.5 Å². The summed E-state index contributed by atoms with van der Waals surface area (Å²) < 4.78 is 10.3. The van der Waals surface area contributed by atoms with Crippen LogP contribution in [0.15, 0.2) is 74.0 Å². The van der Waals surface area contributed by atoms with Crippen LogP contribution in [0.1, 0.15) is 23.2 Å². The van der Waals surface area contributed by atoms with Gasteiger partial charge >= 0.3 is 0 Å². The molecule has 0 saturated heterocycles. The SMILES string of the molecule is C=CC(=O)N1CCC=C(c2cn(-c3ccc(Oc4ccc5c(c4)ncn5C)c(C)c3)c3ncnc(C)c23)C1. The van der Waals surface area contributed by atoms with Crippen molar-refractivity contribution in [2.24, 2.45) is 7.05 Å². The second-order valence-electron chi connectivity index (χ2n) is 9.61. The van der Waals surface area contributed by atoms with Crippen LogP contribution in [0.4, 0.5) is 0 Å². The topological polar surface area (TPSA) is 78.1 Å². The number of benzene rings is 2. The molecule has 190 valence electrons. The van der Waals surface area contributed by atoms with E-state index >= 15 is 0 Å². The highest BCUT2D eigenvalue weighted by atomic mass is 16.5. The molecule has 0 bridgehead atoms. The maximum Gasteiger partial charge on any atom is 0.246 e. The molecule has 0 N–H and O–H groups in total. The number of ether oxygens (including phenoxy) is 1. The minimum absolute atomic E-state index is 0.0549. The van der Waals surface area contributed by atoms with E-state index in [-0.39, 0.29) is 5.91 Å². The van der Waals surface area contributed by atoms with Gasteiger partial charge < -0.3 is 18.8 Å². The van der Waals surface area contributed by atoms with Gasteiger partial charge in [-0.2, -0.15) is 0 Å². The third-order valence-electron chi connectivity index (χ3n) is 7.12. The van der Waals surface area contributed by atoms with Crippen LogP contribution in [-0.4, -0.2) is 48.0 Å². The van der Waals surface area contributed by atoms with Gasteiger partial charge in [0.2, 0.25) is 5.91 Å². The van der Waals surface area contributed by atoms with E-state index in [2.05, 4.69) is 44.4 Å². The summed E-state index contributed by atoms with van der Waals surface area (Å²) in [4.78, 5) is 27.7. The molecule has 8 nitrogen and oxygen atoms in total. The van der Waals surface area contributed by atoms with E-state index in [4.69, 9.17) is 4.74 Å². The van der Waals surface area contributed by atoms with Gasteiger partial charge in [0.05, 0.1) is 23.1 Å². The van der Waals surface area contributed by atoms with Crippen LogP contribution in [0.2, 0.25) is 0 Å². The molecule has 2 aromatic carbocycles. The first-order valence-corrected chi connectivity index (χ1v) is 12.6. The molecule has 5 aromatic rings. The van der Waals surface area contributed by atoms with Crippen LogP contribution in [0.3, 0.4) is 0 Å². The summed E-state index contributed by atoms with van der Waals surface area (Å²) >= 11 is 0. The van der Waals surface area contributed by atoms with Crippen molar-refractivity contribution in [2.75, 3.05) is 13.1 Å². The monoisotopic (exact) mass is 504 g/mol. The highest BCUT2D eigenvalue weighted by Crippen LogP contribution is 2.34. The molecule has 0 radical (unpaired) electrons. The number of imidazole rings is 1. The van der Waals surface area contributed by atoms with Gasteiger partial charge in [0.25, 0.3) is 0 Å². The van der Waals surface area contributed by atoms with Crippen LogP contribution in [0, 0.1) is 13.8 Å². The van der Waals surface area contributed by atoms with Gasteiger partial charge in [-0.15, -0.1) is 0 Å². The average Bonchev–Trinajstić information content (AvgIpc) is 3.51. The van der Waals surface area contributed by atoms with Crippen molar-refractivity contribution in [3.8, 4) is 17.2 Å². The number of amides is 1. The number of carbonyl (C=O) groups excluding carboxylic acids is 1. The Morgan fingerprint density at radius 2 is 1.97 bits per heavy atom. The molecule has 6 rings (SSSR count). The minimum Gasteiger partial charge on any atom is -0.457 e. The Kier molecular flexibility index (Phi) is 5.79. The zero-order valence-electron chi connectivity index (χ0n) is 21.7. The lowest BCUT2D eigenvalue weighted by Gasteiger charge is -2.26. The summed E-state index contributed by atoms with van der Waals surface area (Å²) in [5.41, 5.74) is 7.79. The number of hydrogen-bond acceptors (Lipinski definition) is 5. The van der Waals surface area contributed by atoms with Gasteiger partial charge in [0.1, 0.15) is 23.5 Å². The van der Waals surface area contributed by atoms with Gasteiger partial charge in [-0.3, -0.25) is 4.79 Å². The Morgan fingerprint density at radius 1 is 1.11 bits per heavy atom. The molecule has 0 saturated carbocycles. The minimum atomic E-state index is -0.0549. The van der Waals surface area contributed by atoms with Crippen molar-refractivity contribution in [3.63, 3.8) is 0 Å². The third kappa shape index (κ3) is 4.04. The molecular formula is C30H28N6O2. The standard InChI is InChI=1S/C30H28N6O2/c1-5-28(37)35-12-6-7-21(15-35)24-16-36(30-29(24)20(3)31-17-32-30)22-8-11-27(19(2)13-22)38-23-9-10-26-25(14-23)33-18-34(26)4/h5,7-11,13-14,16-18H,1,6,12,15H2,2-4H3. The first kappa shape index (κ1) is 23.7. The largest absolute Gasteiger partial charge is 0.457 e. The average molecular weight is 505 g/mol. The van der Waals surface area contributed by atoms with Crippen molar-refractivity contribution in [3.05, 3.63) is 90.8 Å². The highest BCUT2D eigenvalue weighted by Gasteiger charge is 2.22. The van der Waals surface area contributed by atoms with Crippen LogP contribution in [0.25, 0.3) is 33.3 Å². The molecule has 8 heteroatoms. The number of aromatic nitrogens is 5. The maximum atomic E-state index is 12.3. The van der Waals surface area contributed by atoms with E-state index in [9.17, 15) is 4.79 Å². The van der Waals surface area contributed by atoms with E-state index in [1.54, 1.807) is 12.7 Å². The fourth-order valence-electron chi connectivity index (χ4n) is 5.11. The van der Waals surface area contributed by atoms with Crippen molar-refractivity contribution >= 4 is 33.5 Å². The molecule has 0 unspecified atom stereocenters. The molecule has 1 amide bonds. The van der Waals surface area contributed by atoms with Crippen LogP contribution in [-0.2, 0) is 11.8 Å². The first-order valence-electron chi connectivity index (χ1n) is 12.6. The third-order valence-corrected chi connectivity index (χ3v) is 7.12. The molecule has 1 aliphatic rings. The lowest BCUT2D eigenvalue weighted by Crippen LogP contribution is -2.34. The smallest absolute Gasteiger partial charge is 0.246 e. The summed E-state index contributed by atoms with van der Waals surface area (Å²) in [6.07, 6.45) is 9.88. The predicted molar refractivity (Wildman–Crippen MR) is 148 cm³/mol. The summed E-state index contributed by atoms with van der Waals surface area (Å²) in [6, 6.07) is 12.0. The van der Waals surface area contributed by atoms with Gasteiger partial charge in [0.15, 0.2) is 0 Å². The van der Waals surface area contributed by atoms with Crippen LogP contribution < -0.4 is 4.74 Å². The summed E-state index contributed by atoms with van der Waals surface area (Å²) in [5.74, 6) is 1.47. The second kappa shape index (κ2) is 9.30. The molecule has 1 aliphatic heterocycles. The predicted octanol–water partition coefficient (Wildman–Crippen LogP) is 5.52. The number of nitrogens with zero attached hydrogens (tertiary/aromatic N) is 6. The van der Waals surface area contributed by atoms with Crippen molar-refractivity contribution < 1.29 is 9.53 Å². The number of hydrogen-bond donors (Lipinski definition) is 0. The Labute approximate surface area is 220 Å². The lowest BCUT2D eigenvalue weighted by molar-refractivity contribution is -0.125. The molecule has 38 heavy (non-hydrogen) atoms. The molecule has 0 fully saturated rings. The van der Waals surface area contributed by atoms with E-state index in [0.717, 1.165) is 68.1 Å². The number of aryl methyl sites for hydroxylation is 3. The zero-order valence-corrected chi connectivity index (χ0v) is 21.7. The number of carbonyl (C=O) groups is 1. The van der Waals surface area contributed by atoms with Gasteiger partial charge in [-0.05, 0) is 67.8 Å². The Hall–Kier alpha value is -4.72. The van der Waals surface area contributed by atoms with E-state index in [1.807, 2.05) is 60.7 Å². The first-order chi connectivity index (χ1) is 18.4. The van der Waals surface area contributed by atoms with Gasteiger partial charge in [-0.1, -0.05) is 12.7 Å². The normalized spacial score (nSPS) is 13.7. The van der Waals surface area contributed by atoms with Crippen molar-refractivity contribution in [1.82, 2.24) is 29.0 Å².